The van der Waals surface area contributed by atoms with E-state index in [0.29, 0.717) is 12.5 Å². The topological polar surface area (TPSA) is 32.3 Å². The average Bonchev–Trinajstić information content (AvgIpc) is 2.36. The summed E-state index contributed by atoms with van der Waals surface area (Å²) in [6, 6.07) is 6.88. The van der Waals surface area contributed by atoms with Gasteiger partial charge in [-0.1, -0.05) is 43.5 Å². The highest BCUT2D eigenvalue weighted by molar-refractivity contribution is 5.32. The Balaban J connectivity index is 1.96. The first-order valence-electron chi connectivity index (χ1n) is 7.92. The molecule has 0 aliphatic heterocycles. The minimum absolute atomic E-state index is 0.289. The summed E-state index contributed by atoms with van der Waals surface area (Å²) in [6.45, 7) is 9.43. The van der Waals surface area contributed by atoms with Gasteiger partial charge in [0.15, 0.2) is 0 Å². The molecular formula is C18H29NO. The Hall–Kier alpha value is -0.860. The lowest BCUT2D eigenvalue weighted by molar-refractivity contribution is -0.0134. The fourth-order valence-corrected chi connectivity index (χ4v) is 3.56. The molecule has 1 aromatic rings. The van der Waals surface area contributed by atoms with Gasteiger partial charge in [0.25, 0.3) is 0 Å². The predicted octanol–water partition coefficient (Wildman–Crippen LogP) is 3.90. The maximum atomic E-state index is 10.7. The van der Waals surface area contributed by atoms with Gasteiger partial charge in [0.05, 0.1) is 5.60 Å². The lowest BCUT2D eigenvalue weighted by atomic mass is 9.79. The summed E-state index contributed by atoms with van der Waals surface area (Å²) in [5, 5.41) is 14.2. The van der Waals surface area contributed by atoms with E-state index in [4.69, 9.17) is 0 Å². The smallest absolute Gasteiger partial charge is 0.0774 e. The van der Waals surface area contributed by atoms with Crippen LogP contribution in [-0.2, 0) is 0 Å². The molecule has 3 unspecified atom stereocenters. The molecule has 0 spiro atoms. The van der Waals surface area contributed by atoms with Gasteiger partial charge >= 0.3 is 0 Å². The zero-order chi connectivity index (χ0) is 14.8. The second kappa shape index (κ2) is 6.28. The highest BCUT2D eigenvalue weighted by Crippen LogP contribution is 2.32. The second-order valence-electron chi connectivity index (χ2n) is 6.89. The van der Waals surface area contributed by atoms with Crippen LogP contribution in [0.4, 0.5) is 0 Å². The molecule has 0 heterocycles. The van der Waals surface area contributed by atoms with E-state index in [2.05, 4.69) is 51.2 Å². The largest absolute Gasteiger partial charge is 0.389 e. The van der Waals surface area contributed by atoms with Crippen LogP contribution >= 0.6 is 0 Å². The molecule has 0 saturated heterocycles. The molecule has 1 aliphatic rings. The van der Waals surface area contributed by atoms with Crippen molar-refractivity contribution >= 4 is 0 Å². The molecule has 0 bridgehead atoms. The van der Waals surface area contributed by atoms with Gasteiger partial charge in [0.2, 0.25) is 0 Å². The van der Waals surface area contributed by atoms with Crippen LogP contribution in [0.15, 0.2) is 18.2 Å². The number of benzene rings is 1. The third-order valence-corrected chi connectivity index (χ3v) is 4.70. The second-order valence-corrected chi connectivity index (χ2v) is 6.89. The van der Waals surface area contributed by atoms with Crippen molar-refractivity contribution in [2.75, 3.05) is 6.54 Å². The van der Waals surface area contributed by atoms with Crippen LogP contribution in [0.5, 0.6) is 0 Å². The Morgan fingerprint density at radius 2 is 2.15 bits per heavy atom. The molecule has 0 amide bonds. The highest BCUT2D eigenvalue weighted by atomic mass is 16.3. The molecule has 1 aliphatic carbocycles. The SMILES string of the molecule is Cc1ccc(C(C)NCC2(O)CCCC(C)C2)c(C)c1. The van der Waals surface area contributed by atoms with Crippen molar-refractivity contribution in [3.8, 4) is 0 Å². The van der Waals surface area contributed by atoms with Crippen LogP contribution in [0.25, 0.3) is 0 Å². The van der Waals surface area contributed by atoms with E-state index in [1.807, 2.05) is 0 Å². The van der Waals surface area contributed by atoms with Gasteiger partial charge in [0, 0.05) is 12.6 Å². The fraction of sp³-hybridized carbons (Fsp3) is 0.667. The Morgan fingerprint density at radius 3 is 2.80 bits per heavy atom. The molecule has 0 radical (unpaired) electrons. The van der Waals surface area contributed by atoms with Crippen LogP contribution < -0.4 is 5.32 Å². The first-order chi connectivity index (χ1) is 9.39. The maximum Gasteiger partial charge on any atom is 0.0774 e. The number of hydrogen-bond donors (Lipinski definition) is 2. The van der Waals surface area contributed by atoms with Gasteiger partial charge in [-0.05, 0) is 50.7 Å². The van der Waals surface area contributed by atoms with Gasteiger partial charge in [0.1, 0.15) is 0 Å². The molecule has 2 nitrogen and oxygen atoms in total. The molecule has 1 saturated carbocycles. The van der Waals surface area contributed by atoms with Crippen molar-refractivity contribution in [1.82, 2.24) is 5.32 Å². The lowest BCUT2D eigenvalue weighted by Gasteiger charge is -2.36. The van der Waals surface area contributed by atoms with Crippen molar-refractivity contribution < 1.29 is 5.11 Å². The molecule has 0 aromatic heterocycles. The normalized spacial score (nSPS) is 28.4. The maximum absolute atomic E-state index is 10.7. The molecule has 20 heavy (non-hydrogen) atoms. The molecule has 2 rings (SSSR count). The van der Waals surface area contributed by atoms with E-state index in [1.165, 1.54) is 23.1 Å². The van der Waals surface area contributed by atoms with Crippen molar-refractivity contribution in [2.45, 2.75) is 65.0 Å². The number of aryl methyl sites for hydroxylation is 2. The first-order valence-corrected chi connectivity index (χ1v) is 7.92. The van der Waals surface area contributed by atoms with E-state index < -0.39 is 5.60 Å². The third-order valence-electron chi connectivity index (χ3n) is 4.70. The molecule has 112 valence electrons. The Bertz CT molecular complexity index is 457. The minimum atomic E-state index is -0.509. The molecule has 2 N–H and O–H groups in total. The Labute approximate surface area is 123 Å². The van der Waals surface area contributed by atoms with Crippen LogP contribution in [-0.4, -0.2) is 17.3 Å². The van der Waals surface area contributed by atoms with Crippen molar-refractivity contribution in [1.29, 1.82) is 0 Å². The summed E-state index contributed by atoms with van der Waals surface area (Å²) < 4.78 is 0. The monoisotopic (exact) mass is 275 g/mol. The van der Waals surface area contributed by atoms with Gasteiger partial charge in [-0.25, -0.2) is 0 Å². The van der Waals surface area contributed by atoms with E-state index in [-0.39, 0.29) is 6.04 Å². The standard InChI is InChI=1S/C18H29NO/c1-13-7-8-17(15(3)10-13)16(4)19-12-18(20)9-5-6-14(2)11-18/h7-8,10,14,16,19-20H,5-6,9,11-12H2,1-4H3. The first kappa shape index (κ1) is 15.5. The number of rotatable bonds is 4. The molecule has 1 aromatic carbocycles. The zero-order valence-electron chi connectivity index (χ0n) is 13.4. The van der Waals surface area contributed by atoms with Crippen molar-refractivity contribution in [3.05, 3.63) is 34.9 Å². The molecule has 1 fully saturated rings. The van der Waals surface area contributed by atoms with Crippen molar-refractivity contribution in [3.63, 3.8) is 0 Å². The number of hydrogen-bond acceptors (Lipinski definition) is 2. The van der Waals surface area contributed by atoms with Crippen molar-refractivity contribution in [2.24, 2.45) is 5.92 Å². The lowest BCUT2D eigenvalue weighted by Crippen LogP contribution is -2.44. The summed E-state index contributed by atoms with van der Waals surface area (Å²) in [6.07, 6.45) is 4.27. The number of nitrogens with one attached hydrogen (secondary N) is 1. The summed E-state index contributed by atoms with van der Waals surface area (Å²) in [5.74, 6) is 0.645. The summed E-state index contributed by atoms with van der Waals surface area (Å²) >= 11 is 0. The number of aliphatic hydroxyl groups is 1. The van der Waals surface area contributed by atoms with Gasteiger partial charge in [-0.15, -0.1) is 0 Å². The van der Waals surface area contributed by atoms with Crippen LogP contribution in [0.3, 0.4) is 0 Å². The quantitative estimate of drug-likeness (QED) is 0.873. The predicted molar refractivity (Wildman–Crippen MR) is 84.9 cm³/mol. The van der Waals surface area contributed by atoms with E-state index in [1.54, 1.807) is 0 Å². The van der Waals surface area contributed by atoms with E-state index in [9.17, 15) is 5.11 Å². The molecule has 2 heteroatoms. The summed E-state index contributed by atoms with van der Waals surface area (Å²) in [5.41, 5.74) is 3.46. The average molecular weight is 275 g/mol. The summed E-state index contributed by atoms with van der Waals surface area (Å²) in [4.78, 5) is 0. The summed E-state index contributed by atoms with van der Waals surface area (Å²) in [7, 11) is 0. The molecular weight excluding hydrogens is 246 g/mol. The zero-order valence-corrected chi connectivity index (χ0v) is 13.4. The minimum Gasteiger partial charge on any atom is -0.389 e. The third kappa shape index (κ3) is 3.83. The Morgan fingerprint density at radius 1 is 1.40 bits per heavy atom. The van der Waals surface area contributed by atoms with Crippen LogP contribution in [0, 0.1) is 19.8 Å². The van der Waals surface area contributed by atoms with Crippen LogP contribution in [0.1, 0.15) is 62.3 Å². The highest BCUT2D eigenvalue weighted by Gasteiger charge is 2.32. The van der Waals surface area contributed by atoms with Crippen LogP contribution in [0.2, 0.25) is 0 Å². The van der Waals surface area contributed by atoms with Gasteiger partial charge in [-0.2, -0.15) is 0 Å². The van der Waals surface area contributed by atoms with Gasteiger partial charge < -0.3 is 10.4 Å². The fourth-order valence-electron chi connectivity index (χ4n) is 3.56. The van der Waals surface area contributed by atoms with Gasteiger partial charge in [-0.3, -0.25) is 0 Å². The van der Waals surface area contributed by atoms with E-state index >= 15 is 0 Å². The molecule has 3 atom stereocenters. The Kier molecular flexibility index (Phi) is 4.87. The van der Waals surface area contributed by atoms with E-state index in [0.717, 1.165) is 19.3 Å².